The Morgan fingerprint density at radius 3 is 2.35 bits per heavy atom. The number of methoxy groups -OCH3 is 3. The van der Waals surface area contributed by atoms with E-state index in [1.54, 1.807) is 12.1 Å². The Morgan fingerprint density at radius 1 is 1.22 bits per heavy atom. The molecule has 0 aliphatic heterocycles. The molecule has 1 heterocycles. The van der Waals surface area contributed by atoms with Crippen molar-refractivity contribution in [3.8, 4) is 17.2 Å². The van der Waals surface area contributed by atoms with Crippen LogP contribution in [-0.2, 0) is 11.2 Å². The molecule has 0 aliphatic rings. The van der Waals surface area contributed by atoms with Crippen LogP contribution in [0.1, 0.15) is 12.1 Å². The van der Waals surface area contributed by atoms with E-state index < -0.39 is 0 Å². The van der Waals surface area contributed by atoms with Gasteiger partial charge in [-0.3, -0.25) is 4.79 Å². The van der Waals surface area contributed by atoms with E-state index >= 15 is 0 Å². The first-order chi connectivity index (χ1) is 11.1. The molecule has 7 nitrogen and oxygen atoms in total. The second kappa shape index (κ2) is 7.68. The molecule has 0 bridgehead atoms. The van der Waals surface area contributed by atoms with E-state index in [4.69, 9.17) is 19.9 Å². The highest BCUT2D eigenvalue weighted by molar-refractivity contribution is 7.13. The summed E-state index contributed by atoms with van der Waals surface area (Å²) < 4.78 is 15.8. The second-order valence-corrected chi connectivity index (χ2v) is 5.53. The highest BCUT2D eigenvalue weighted by Gasteiger charge is 2.14. The average molecular weight is 337 g/mol. The van der Waals surface area contributed by atoms with Gasteiger partial charge >= 0.3 is 0 Å². The van der Waals surface area contributed by atoms with Crippen molar-refractivity contribution in [1.82, 2.24) is 4.98 Å². The molecular formula is C15H19N3O4S. The molecule has 0 saturated heterocycles. The largest absolute Gasteiger partial charge is 0.493 e. The summed E-state index contributed by atoms with van der Waals surface area (Å²) in [5, 5.41) is 5.16. The monoisotopic (exact) mass is 337 g/mol. The third-order valence-corrected chi connectivity index (χ3v) is 3.85. The predicted octanol–water partition coefficient (Wildman–Crippen LogP) is 2.32. The molecule has 8 heteroatoms. The number of carbonyl (C=O) groups is 1. The van der Waals surface area contributed by atoms with Crippen molar-refractivity contribution in [1.29, 1.82) is 0 Å². The number of benzene rings is 1. The highest BCUT2D eigenvalue weighted by Crippen LogP contribution is 2.39. The fraction of sp³-hybridized carbons (Fsp3) is 0.333. The predicted molar refractivity (Wildman–Crippen MR) is 89.6 cm³/mol. The number of rotatable bonds is 7. The molecule has 0 fully saturated rings. The molecule has 0 radical (unpaired) electrons. The van der Waals surface area contributed by atoms with Crippen LogP contribution >= 0.6 is 11.3 Å². The summed E-state index contributed by atoms with van der Waals surface area (Å²) in [6.45, 7) is 0. The van der Waals surface area contributed by atoms with E-state index in [0.29, 0.717) is 40.9 Å². The summed E-state index contributed by atoms with van der Waals surface area (Å²) in [6.07, 6.45) is 0.837. The molecule has 3 N–H and O–H groups in total. The summed E-state index contributed by atoms with van der Waals surface area (Å²) in [7, 11) is 4.57. The van der Waals surface area contributed by atoms with E-state index in [0.717, 1.165) is 5.69 Å². The number of aryl methyl sites for hydroxylation is 1. The zero-order chi connectivity index (χ0) is 16.8. The number of amides is 1. The van der Waals surface area contributed by atoms with Crippen molar-refractivity contribution >= 4 is 28.1 Å². The maximum absolute atomic E-state index is 12.1. The van der Waals surface area contributed by atoms with E-state index in [1.807, 2.05) is 5.38 Å². The fourth-order valence-electron chi connectivity index (χ4n) is 2.06. The summed E-state index contributed by atoms with van der Waals surface area (Å²) in [4.78, 5) is 16.2. The molecule has 1 aromatic heterocycles. The van der Waals surface area contributed by atoms with Gasteiger partial charge in [-0.15, -0.1) is 11.3 Å². The van der Waals surface area contributed by atoms with Crippen LogP contribution in [0.25, 0.3) is 0 Å². The Kier molecular flexibility index (Phi) is 5.64. The number of nitrogen functional groups attached to an aromatic ring is 1. The minimum atomic E-state index is -0.133. The van der Waals surface area contributed by atoms with Gasteiger partial charge < -0.3 is 25.3 Å². The quantitative estimate of drug-likeness (QED) is 0.805. The lowest BCUT2D eigenvalue weighted by Gasteiger charge is -2.14. The lowest BCUT2D eigenvalue weighted by Crippen LogP contribution is -2.12. The summed E-state index contributed by atoms with van der Waals surface area (Å²) in [5.41, 5.74) is 6.95. The molecule has 2 rings (SSSR count). The van der Waals surface area contributed by atoms with Gasteiger partial charge in [0.25, 0.3) is 0 Å². The minimum Gasteiger partial charge on any atom is -0.493 e. The molecule has 0 aliphatic carbocycles. The zero-order valence-corrected chi connectivity index (χ0v) is 14.0. The molecule has 0 unspecified atom stereocenters. The van der Waals surface area contributed by atoms with Gasteiger partial charge in [-0.2, -0.15) is 0 Å². The van der Waals surface area contributed by atoms with Crippen molar-refractivity contribution in [2.75, 3.05) is 32.4 Å². The Bertz CT molecular complexity index is 662. The molecule has 23 heavy (non-hydrogen) atoms. The lowest BCUT2D eigenvalue weighted by molar-refractivity contribution is -0.116. The number of thiazole rings is 1. The molecule has 0 atom stereocenters. The molecule has 1 aromatic carbocycles. The van der Waals surface area contributed by atoms with Gasteiger partial charge in [-0.25, -0.2) is 4.98 Å². The third kappa shape index (κ3) is 4.26. The number of nitrogens with zero attached hydrogens (tertiary/aromatic N) is 1. The molecule has 0 spiro atoms. The van der Waals surface area contributed by atoms with E-state index in [9.17, 15) is 4.79 Å². The van der Waals surface area contributed by atoms with Gasteiger partial charge in [0.15, 0.2) is 16.6 Å². The fourth-order valence-corrected chi connectivity index (χ4v) is 2.65. The first-order valence-corrected chi connectivity index (χ1v) is 7.75. The normalized spacial score (nSPS) is 10.2. The zero-order valence-electron chi connectivity index (χ0n) is 13.2. The molecule has 0 saturated carbocycles. The van der Waals surface area contributed by atoms with Crippen LogP contribution in [0.5, 0.6) is 17.2 Å². The minimum absolute atomic E-state index is 0.133. The first-order valence-electron chi connectivity index (χ1n) is 6.87. The van der Waals surface area contributed by atoms with E-state index in [-0.39, 0.29) is 5.91 Å². The van der Waals surface area contributed by atoms with Gasteiger partial charge in [-0.1, -0.05) is 0 Å². The van der Waals surface area contributed by atoms with Crippen molar-refractivity contribution in [2.45, 2.75) is 12.8 Å². The van der Waals surface area contributed by atoms with E-state index in [2.05, 4.69) is 10.3 Å². The Hall–Kier alpha value is -2.48. The number of nitrogens with one attached hydrogen (secondary N) is 1. The maximum Gasteiger partial charge on any atom is 0.224 e. The van der Waals surface area contributed by atoms with Crippen LogP contribution < -0.4 is 25.3 Å². The van der Waals surface area contributed by atoms with E-state index in [1.165, 1.54) is 32.7 Å². The highest BCUT2D eigenvalue weighted by atomic mass is 32.1. The number of carbonyl (C=O) groups excluding carboxylic acids is 1. The number of nitrogens with two attached hydrogens (primary N) is 1. The molecular weight excluding hydrogens is 318 g/mol. The average Bonchev–Trinajstić information content (AvgIpc) is 2.97. The van der Waals surface area contributed by atoms with Crippen LogP contribution in [0.15, 0.2) is 17.5 Å². The van der Waals surface area contributed by atoms with Crippen LogP contribution in [0, 0.1) is 0 Å². The number of hydrogen-bond donors (Lipinski definition) is 2. The van der Waals surface area contributed by atoms with Crippen LogP contribution in [0.4, 0.5) is 10.8 Å². The van der Waals surface area contributed by atoms with Gasteiger partial charge in [0.2, 0.25) is 11.7 Å². The standard InChI is InChI=1S/C15H19N3O4S/c1-20-11-6-10(7-12(21-2)14(11)22-3)17-13(19)5-4-9-8-23-15(16)18-9/h6-8H,4-5H2,1-3H3,(H2,16,18)(H,17,19). The smallest absolute Gasteiger partial charge is 0.224 e. The molecule has 2 aromatic rings. The van der Waals surface area contributed by atoms with Gasteiger partial charge in [0, 0.05) is 29.6 Å². The Balaban J connectivity index is 2.05. The van der Waals surface area contributed by atoms with Gasteiger partial charge in [0.05, 0.1) is 27.0 Å². The number of anilines is 2. The van der Waals surface area contributed by atoms with Crippen molar-refractivity contribution < 1.29 is 19.0 Å². The van der Waals surface area contributed by atoms with Crippen molar-refractivity contribution in [3.63, 3.8) is 0 Å². The first kappa shape index (κ1) is 16.9. The second-order valence-electron chi connectivity index (χ2n) is 4.64. The van der Waals surface area contributed by atoms with Crippen LogP contribution in [0.3, 0.4) is 0 Å². The molecule has 1 amide bonds. The Morgan fingerprint density at radius 2 is 1.87 bits per heavy atom. The number of hydrogen-bond acceptors (Lipinski definition) is 7. The number of aromatic nitrogens is 1. The topological polar surface area (TPSA) is 95.7 Å². The summed E-state index contributed by atoms with van der Waals surface area (Å²) in [5.74, 6) is 1.31. The van der Waals surface area contributed by atoms with Crippen LogP contribution in [-0.4, -0.2) is 32.2 Å². The van der Waals surface area contributed by atoms with Crippen LogP contribution in [0.2, 0.25) is 0 Å². The number of ether oxygens (including phenoxy) is 3. The van der Waals surface area contributed by atoms with Crippen molar-refractivity contribution in [3.05, 3.63) is 23.2 Å². The maximum atomic E-state index is 12.1. The van der Waals surface area contributed by atoms with Gasteiger partial charge in [-0.05, 0) is 6.42 Å². The third-order valence-electron chi connectivity index (χ3n) is 3.13. The molecule has 124 valence electrons. The van der Waals surface area contributed by atoms with Gasteiger partial charge in [0.1, 0.15) is 0 Å². The lowest BCUT2D eigenvalue weighted by atomic mass is 10.2. The van der Waals surface area contributed by atoms with Crippen molar-refractivity contribution in [2.24, 2.45) is 0 Å². The summed E-state index contributed by atoms with van der Waals surface area (Å²) >= 11 is 1.36. The summed E-state index contributed by atoms with van der Waals surface area (Å²) in [6, 6.07) is 3.36. The Labute approximate surface area is 138 Å². The SMILES string of the molecule is COc1cc(NC(=O)CCc2csc(N)n2)cc(OC)c1OC.